The fourth-order valence-corrected chi connectivity index (χ4v) is 5.47. The quantitative estimate of drug-likeness (QED) is 0.757. The average molecular weight is 410 g/mol. The van der Waals surface area contributed by atoms with E-state index in [0.29, 0.717) is 10.0 Å². The van der Waals surface area contributed by atoms with E-state index >= 15 is 0 Å². The maximum Gasteiger partial charge on any atom is 0.191 e. The van der Waals surface area contributed by atoms with Crippen LogP contribution in [0.5, 0.6) is 0 Å². The molecule has 2 N–H and O–H groups in total. The van der Waals surface area contributed by atoms with E-state index in [4.69, 9.17) is 28.9 Å². The first kappa shape index (κ1) is 18.9. The molecule has 4 atom stereocenters. The van der Waals surface area contributed by atoms with Gasteiger partial charge in [-0.05, 0) is 43.2 Å². The van der Waals surface area contributed by atoms with Gasteiger partial charge in [0.25, 0.3) is 0 Å². The van der Waals surface area contributed by atoms with Crippen LogP contribution in [0, 0.1) is 45.3 Å². The highest BCUT2D eigenvalue weighted by molar-refractivity contribution is 6.42. The number of allylic oxidation sites excluding steroid dienone is 2. The van der Waals surface area contributed by atoms with Gasteiger partial charge in [0.2, 0.25) is 0 Å². The molecule has 2 bridgehead atoms. The van der Waals surface area contributed by atoms with E-state index in [1.165, 1.54) is 0 Å². The van der Waals surface area contributed by atoms with E-state index in [9.17, 15) is 15.8 Å². The fraction of sp³-hybridized carbons (Fsp3) is 0.381. The average Bonchev–Trinajstić information content (AvgIpc) is 2.93. The number of hydrogen-bond acceptors (Lipinski definition) is 5. The molecule has 1 fully saturated rings. The molecule has 0 radical (unpaired) electrons. The van der Waals surface area contributed by atoms with E-state index in [-0.39, 0.29) is 29.3 Å². The van der Waals surface area contributed by atoms with Crippen LogP contribution in [0.1, 0.15) is 24.3 Å². The van der Waals surface area contributed by atoms with Crippen molar-refractivity contribution >= 4 is 23.2 Å². The highest BCUT2D eigenvalue weighted by Gasteiger charge is 2.58. The lowest BCUT2D eigenvalue weighted by molar-refractivity contribution is 0.160. The summed E-state index contributed by atoms with van der Waals surface area (Å²) in [6.45, 7) is 0. The molecule has 0 spiro atoms. The Morgan fingerprint density at radius 3 is 2.46 bits per heavy atom. The monoisotopic (exact) mass is 409 g/mol. The topological polar surface area (TPSA) is 101 Å². The third-order valence-electron chi connectivity index (χ3n) is 6.53. The first-order chi connectivity index (χ1) is 13.4. The summed E-state index contributed by atoms with van der Waals surface area (Å²) in [4.78, 5) is 2.27. The SMILES string of the molecule is CN1C2C=C3C(C#N)=C(N)C(C#N)(C#N)[C@H](c4ccc(Cl)c(Cl)c4)[C@H]3C1CC2. The molecule has 0 amide bonds. The number of nitriles is 3. The summed E-state index contributed by atoms with van der Waals surface area (Å²) in [7, 11) is 2.05. The number of likely N-dealkylation sites (N-methyl/N-ethyl adjacent to an activating group) is 1. The first-order valence-corrected chi connectivity index (χ1v) is 9.77. The van der Waals surface area contributed by atoms with Gasteiger partial charge in [0, 0.05) is 23.9 Å². The number of rotatable bonds is 1. The van der Waals surface area contributed by atoms with Crippen LogP contribution in [0.3, 0.4) is 0 Å². The van der Waals surface area contributed by atoms with Crippen molar-refractivity contribution in [2.75, 3.05) is 7.05 Å². The molecule has 2 aliphatic heterocycles. The third-order valence-corrected chi connectivity index (χ3v) is 7.26. The Labute approximate surface area is 173 Å². The number of nitrogens with two attached hydrogens (primary N) is 1. The second-order valence-corrected chi connectivity index (χ2v) is 8.42. The minimum atomic E-state index is -1.65. The summed E-state index contributed by atoms with van der Waals surface area (Å²) in [5.74, 6) is -0.755. The zero-order chi connectivity index (χ0) is 20.2. The summed E-state index contributed by atoms with van der Waals surface area (Å²) < 4.78 is 0. The molecule has 1 aromatic rings. The largest absolute Gasteiger partial charge is 0.399 e. The van der Waals surface area contributed by atoms with Gasteiger partial charge in [0.05, 0.1) is 33.5 Å². The zero-order valence-electron chi connectivity index (χ0n) is 15.2. The molecule has 140 valence electrons. The van der Waals surface area contributed by atoms with Crippen LogP contribution in [-0.2, 0) is 0 Å². The Hall–Kier alpha value is -2.49. The van der Waals surface area contributed by atoms with E-state index in [1.54, 1.807) is 18.2 Å². The van der Waals surface area contributed by atoms with Crippen LogP contribution in [0.15, 0.2) is 41.1 Å². The lowest BCUT2D eigenvalue weighted by Crippen LogP contribution is -2.51. The van der Waals surface area contributed by atoms with Gasteiger partial charge in [-0.15, -0.1) is 0 Å². The molecule has 2 unspecified atom stereocenters. The van der Waals surface area contributed by atoms with Gasteiger partial charge in [-0.1, -0.05) is 35.3 Å². The summed E-state index contributed by atoms with van der Waals surface area (Å²) in [6, 6.07) is 12.0. The molecular weight excluding hydrogens is 393 g/mol. The third kappa shape index (κ3) is 2.33. The second-order valence-electron chi connectivity index (χ2n) is 7.61. The molecule has 0 saturated carbocycles. The predicted octanol–water partition coefficient (Wildman–Crippen LogP) is 3.88. The Morgan fingerprint density at radius 1 is 1.14 bits per heavy atom. The molecule has 1 aliphatic carbocycles. The molecule has 3 aliphatic rings. The van der Waals surface area contributed by atoms with Crippen molar-refractivity contribution in [1.82, 2.24) is 4.90 Å². The van der Waals surface area contributed by atoms with Crippen molar-refractivity contribution in [1.29, 1.82) is 15.8 Å². The number of hydrogen-bond donors (Lipinski definition) is 1. The van der Waals surface area contributed by atoms with Gasteiger partial charge < -0.3 is 5.73 Å². The van der Waals surface area contributed by atoms with E-state index in [2.05, 4.69) is 36.2 Å². The van der Waals surface area contributed by atoms with E-state index < -0.39 is 11.3 Å². The van der Waals surface area contributed by atoms with Crippen molar-refractivity contribution < 1.29 is 0 Å². The summed E-state index contributed by atoms with van der Waals surface area (Å²) in [6.07, 6.45) is 3.98. The Balaban J connectivity index is 2.05. The van der Waals surface area contributed by atoms with Crippen molar-refractivity contribution in [2.24, 2.45) is 17.1 Å². The van der Waals surface area contributed by atoms with Crippen molar-refractivity contribution in [3.8, 4) is 18.2 Å². The molecular formula is C21H17Cl2N5. The van der Waals surface area contributed by atoms with Gasteiger partial charge in [0.1, 0.15) is 6.07 Å². The van der Waals surface area contributed by atoms with Crippen LogP contribution in [0.2, 0.25) is 10.0 Å². The molecule has 1 saturated heterocycles. The molecule has 5 nitrogen and oxygen atoms in total. The fourth-order valence-electron chi connectivity index (χ4n) is 5.17. The summed E-state index contributed by atoms with van der Waals surface area (Å²) in [5.41, 5.74) is 6.57. The Bertz CT molecular complexity index is 1040. The molecule has 0 aromatic heterocycles. The van der Waals surface area contributed by atoms with E-state index in [0.717, 1.165) is 24.0 Å². The number of nitrogens with zero attached hydrogens (tertiary/aromatic N) is 4. The number of benzene rings is 1. The molecule has 2 heterocycles. The van der Waals surface area contributed by atoms with Crippen LogP contribution < -0.4 is 5.73 Å². The number of halogens is 2. The minimum absolute atomic E-state index is 0.0301. The highest BCUT2D eigenvalue weighted by Crippen LogP contribution is 2.58. The summed E-state index contributed by atoms with van der Waals surface area (Å²) in [5, 5.41) is 30.8. The smallest absolute Gasteiger partial charge is 0.191 e. The van der Waals surface area contributed by atoms with Gasteiger partial charge in [-0.25, -0.2) is 0 Å². The van der Waals surface area contributed by atoms with Crippen molar-refractivity contribution in [2.45, 2.75) is 30.8 Å². The van der Waals surface area contributed by atoms with Crippen LogP contribution >= 0.6 is 23.2 Å². The minimum Gasteiger partial charge on any atom is -0.399 e. The molecule has 7 heteroatoms. The van der Waals surface area contributed by atoms with Gasteiger partial charge in [-0.3, -0.25) is 4.90 Å². The highest BCUT2D eigenvalue weighted by atomic mass is 35.5. The van der Waals surface area contributed by atoms with Crippen LogP contribution in [-0.4, -0.2) is 24.0 Å². The van der Waals surface area contributed by atoms with Crippen molar-refractivity contribution in [3.05, 3.63) is 56.7 Å². The normalized spacial score (nSPS) is 30.6. The predicted molar refractivity (Wildman–Crippen MR) is 106 cm³/mol. The van der Waals surface area contributed by atoms with Gasteiger partial charge in [0.15, 0.2) is 5.41 Å². The van der Waals surface area contributed by atoms with Crippen LogP contribution in [0.4, 0.5) is 0 Å². The summed E-state index contributed by atoms with van der Waals surface area (Å²) >= 11 is 12.4. The standard InChI is InChI=1S/C21H17Cl2N5/c1-28-12-3-5-17(28)18-13(7-12)14(8-24)20(27)21(9-25,10-26)19(18)11-2-4-15(22)16(23)6-11/h2,4,6-7,12,17-19H,3,5,27H2,1H3/t12?,17?,18-,19-/m1/s1. The lowest BCUT2D eigenvalue weighted by atomic mass is 9.56. The lowest BCUT2D eigenvalue weighted by Gasteiger charge is -2.48. The van der Waals surface area contributed by atoms with Crippen molar-refractivity contribution in [3.63, 3.8) is 0 Å². The van der Waals surface area contributed by atoms with Gasteiger partial charge >= 0.3 is 0 Å². The molecule has 28 heavy (non-hydrogen) atoms. The second kappa shape index (κ2) is 6.54. The molecule has 4 rings (SSSR count). The zero-order valence-corrected chi connectivity index (χ0v) is 16.7. The Morgan fingerprint density at radius 2 is 1.86 bits per heavy atom. The van der Waals surface area contributed by atoms with Gasteiger partial charge in [-0.2, -0.15) is 15.8 Å². The maximum atomic E-state index is 10.1. The van der Waals surface area contributed by atoms with E-state index in [1.807, 2.05) is 0 Å². The first-order valence-electron chi connectivity index (χ1n) is 9.01. The number of fused-ring (bicyclic) bond motifs is 4. The van der Waals surface area contributed by atoms with Crippen LogP contribution in [0.25, 0.3) is 0 Å². The Kier molecular flexibility index (Phi) is 4.40. The molecule has 1 aromatic carbocycles. The maximum absolute atomic E-state index is 10.1.